The van der Waals surface area contributed by atoms with E-state index in [2.05, 4.69) is 0 Å². The zero-order valence-electron chi connectivity index (χ0n) is 22.3. The molecule has 0 fully saturated rings. The number of hydrogen-bond donors (Lipinski definition) is 5. The molecule has 6 rings (SSSR count). The van der Waals surface area contributed by atoms with Gasteiger partial charge in [0, 0.05) is 28.8 Å². The van der Waals surface area contributed by atoms with Gasteiger partial charge in [0.15, 0.2) is 16.6 Å². The van der Waals surface area contributed by atoms with Crippen molar-refractivity contribution >= 4 is 44.3 Å². The first-order valence-corrected chi connectivity index (χ1v) is 13.1. The maximum Gasteiger partial charge on any atom is 0.193 e. The summed E-state index contributed by atoms with van der Waals surface area (Å²) in [6.45, 7) is 4.85. The minimum atomic E-state index is -0.625. The first kappa shape index (κ1) is 26.2. The van der Waals surface area contributed by atoms with Crippen molar-refractivity contribution in [1.29, 1.82) is 0 Å². The van der Waals surface area contributed by atoms with Crippen LogP contribution in [0.1, 0.15) is 60.5 Å². The number of carbonyl (C=O) groups is 1. The Kier molecular flexibility index (Phi) is 5.74. The topological polar surface area (TPSA) is 165 Å². The minimum absolute atomic E-state index is 0.124. The minimum Gasteiger partial charge on any atom is -0.512 e. The fourth-order valence-electron chi connectivity index (χ4n) is 6.74. The van der Waals surface area contributed by atoms with E-state index in [1.807, 2.05) is 0 Å². The normalized spacial score (nSPS) is 17.8. The van der Waals surface area contributed by atoms with E-state index in [0.29, 0.717) is 10.9 Å². The highest BCUT2D eigenvalue weighted by molar-refractivity contribution is 6.16. The van der Waals surface area contributed by atoms with Crippen LogP contribution in [-0.2, 0) is 0 Å². The average molecular weight is 555 g/mol. The number of aliphatic hydroxyl groups excluding tert-OH is 1. The molecule has 0 radical (unpaired) electrons. The molecule has 41 heavy (non-hydrogen) atoms. The molecule has 0 unspecified atom stereocenters. The largest absolute Gasteiger partial charge is 0.512 e. The lowest BCUT2D eigenvalue weighted by atomic mass is 9.67. The molecule has 1 aliphatic rings. The van der Waals surface area contributed by atoms with Crippen LogP contribution in [0.2, 0.25) is 0 Å². The number of aromatic hydroxyl groups is 4. The second kappa shape index (κ2) is 8.99. The third-order valence-electron chi connectivity index (χ3n) is 8.35. The zero-order chi connectivity index (χ0) is 29.5. The van der Waals surface area contributed by atoms with Crippen LogP contribution in [-0.4, -0.2) is 31.3 Å². The monoisotopic (exact) mass is 554 g/mol. The molecule has 9 nitrogen and oxygen atoms in total. The number of hydrogen-bond acceptors (Lipinski definition) is 9. The second-order valence-electron chi connectivity index (χ2n) is 10.8. The van der Waals surface area contributed by atoms with Gasteiger partial charge in [0.2, 0.25) is 0 Å². The van der Waals surface area contributed by atoms with Crippen molar-refractivity contribution in [3.8, 4) is 23.0 Å². The highest BCUT2D eigenvalue weighted by atomic mass is 16.3. The summed E-state index contributed by atoms with van der Waals surface area (Å²) < 4.78 is 6.04. The average Bonchev–Trinajstić information content (AvgIpc) is 2.87. The van der Waals surface area contributed by atoms with Crippen molar-refractivity contribution in [2.75, 3.05) is 0 Å². The van der Waals surface area contributed by atoms with E-state index in [-0.39, 0.29) is 67.0 Å². The molecule has 0 amide bonds. The Morgan fingerprint density at radius 3 is 2.17 bits per heavy atom. The molecular formula is C32H26O9. The smallest absolute Gasteiger partial charge is 0.193 e. The Hall–Kier alpha value is -5.05. The van der Waals surface area contributed by atoms with Gasteiger partial charge in [-0.05, 0) is 54.5 Å². The molecule has 4 aromatic carbocycles. The summed E-state index contributed by atoms with van der Waals surface area (Å²) >= 11 is 0. The Morgan fingerprint density at radius 1 is 0.854 bits per heavy atom. The number of phenols is 4. The molecule has 1 heterocycles. The molecule has 5 N–H and O–H groups in total. The molecule has 1 aromatic heterocycles. The van der Waals surface area contributed by atoms with Gasteiger partial charge in [-0.1, -0.05) is 26.0 Å². The highest BCUT2D eigenvalue weighted by Crippen LogP contribution is 2.54. The summed E-state index contributed by atoms with van der Waals surface area (Å²) in [6.07, 6.45) is -0.148. The number of rotatable bonds is 4. The summed E-state index contributed by atoms with van der Waals surface area (Å²) in [7, 11) is 0. The summed E-state index contributed by atoms with van der Waals surface area (Å²) in [5.41, 5.74) is 0.000694. The quantitative estimate of drug-likeness (QED) is 0.119. The fraction of sp³-hybridized carbons (Fsp3) is 0.219. The van der Waals surface area contributed by atoms with Crippen LogP contribution in [0.5, 0.6) is 23.0 Å². The Bertz CT molecular complexity index is 2120. The summed E-state index contributed by atoms with van der Waals surface area (Å²) in [5.74, 6) is -4.42. The Balaban J connectivity index is 1.74. The second-order valence-corrected chi connectivity index (χ2v) is 10.8. The van der Waals surface area contributed by atoms with Gasteiger partial charge in [0.1, 0.15) is 45.5 Å². The van der Waals surface area contributed by atoms with Crippen molar-refractivity contribution in [3.05, 3.63) is 84.8 Å². The van der Waals surface area contributed by atoms with Crippen LogP contribution >= 0.6 is 0 Å². The molecule has 0 saturated heterocycles. The van der Waals surface area contributed by atoms with Crippen molar-refractivity contribution in [2.45, 2.75) is 39.0 Å². The number of carbonyl (C=O) groups excluding carboxylic acids is 1. The van der Waals surface area contributed by atoms with E-state index < -0.39 is 46.2 Å². The number of phenolic OH excluding ortho intramolecular Hbond substituents is 4. The van der Waals surface area contributed by atoms with Gasteiger partial charge in [0.25, 0.3) is 0 Å². The van der Waals surface area contributed by atoms with E-state index in [0.717, 1.165) is 0 Å². The fourth-order valence-corrected chi connectivity index (χ4v) is 6.74. The number of benzene rings is 4. The first-order chi connectivity index (χ1) is 19.4. The van der Waals surface area contributed by atoms with E-state index in [1.165, 1.54) is 43.3 Å². The van der Waals surface area contributed by atoms with Gasteiger partial charge in [-0.3, -0.25) is 14.4 Å². The van der Waals surface area contributed by atoms with Gasteiger partial charge < -0.3 is 29.9 Å². The third-order valence-corrected chi connectivity index (χ3v) is 8.35. The van der Waals surface area contributed by atoms with E-state index in [1.54, 1.807) is 19.9 Å². The van der Waals surface area contributed by atoms with Crippen LogP contribution in [0.25, 0.3) is 38.5 Å². The molecule has 0 spiro atoms. The van der Waals surface area contributed by atoms with Gasteiger partial charge in [0.05, 0.1) is 16.0 Å². The van der Waals surface area contributed by atoms with Crippen LogP contribution in [0, 0.1) is 5.92 Å². The molecule has 0 aliphatic heterocycles. The molecule has 1 aliphatic carbocycles. The Morgan fingerprint density at radius 2 is 1.51 bits per heavy atom. The lowest BCUT2D eigenvalue weighted by molar-refractivity contribution is 0.0951. The molecule has 0 saturated carbocycles. The molecule has 0 bridgehead atoms. The SMILES string of the molecule is CC(O)=c1c(O)c2c3c(c1O)c(=O)cc1oc4cccc(=O)c4c(c13)[C@H]([C@H](C)CC(=O)c1c(O)cccc1O)[C@H]2C. The molecule has 9 heteroatoms. The van der Waals surface area contributed by atoms with Crippen LogP contribution < -0.4 is 16.1 Å². The highest BCUT2D eigenvalue weighted by Gasteiger charge is 2.40. The van der Waals surface area contributed by atoms with Crippen molar-refractivity contribution in [3.63, 3.8) is 0 Å². The summed E-state index contributed by atoms with van der Waals surface area (Å²) in [5, 5.41) is 53.9. The maximum absolute atomic E-state index is 13.4. The molecule has 5 aromatic rings. The van der Waals surface area contributed by atoms with Crippen molar-refractivity contribution in [2.24, 2.45) is 5.92 Å². The molecular weight excluding hydrogens is 528 g/mol. The van der Waals surface area contributed by atoms with Gasteiger partial charge in [-0.2, -0.15) is 0 Å². The maximum atomic E-state index is 13.4. The molecule has 3 atom stereocenters. The number of Topliss-reactive ketones (excluding diaryl/α,β-unsaturated/α-hetero) is 1. The van der Waals surface area contributed by atoms with Crippen LogP contribution in [0.4, 0.5) is 0 Å². The van der Waals surface area contributed by atoms with E-state index in [9.17, 15) is 39.9 Å². The van der Waals surface area contributed by atoms with E-state index >= 15 is 0 Å². The van der Waals surface area contributed by atoms with Crippen LogP contribution in [0.15, 0.2) is 56.5 Å². The van der Waals surface area contributed by atoms with Crippen molar-refractivity contribution < 1.29 is 34.7 Å². The predicted octanol–water partition coefficient (Wildman–Crippen LogP) is 4.80. The van der Waals surface area contributed by atoms with Crippen molar-refractivity contribution in [1.82, 2.24) is 0 Å². The summed E-state index contributed by atoms with van der Waals surface area (Å²) in [6, 6.07) is 9.76. The van der Waals surface area contributed by atoms with E-state index in [4.69, 9.17) is 4.42 Å². The zero-order valence-corrected chi connectivity index (χ0v) is 22.3. The first-order valence-electron chi connectivity index (χ1n) is 13.1. The number of fused-ring (bicyclic) bond motifs is 2. The number of ketones is 1. The van der Waals surface area contributed by atoms with Crippen LogP contribution in [0.3, 0.4) is 0 Å². The Labute approximate surface area is 231 Å². The summed E-state index contributed by atoms with van der Waals surface area (Å²) in [4.78, 5) is 40.0. The standard InChI is InChI=1S/C32H26O9/c1-12(10-18(37)25-15(34)6-4-7-16(25)35)22-13(2)23-30-27(32(40)24(14(3)33)31(23)39)19(38)11-21-28(30)29(22)26-17(36)8-5-9-20(26)41-21/h4-9,11-13,22,33-35,39-40H,10H2,1-3H3/t12-,13-,22-/m1/s1. The lowest BCUT2D eigenvalue weighted by Gasteiger charge is -2.36. The third kappa shape index (κ3) is 3.58. The predicted molar refractivity (Wildman–Crippen MR) is 153 cm³/mol. The van der Waals surface area contributed by atoms with Gasteiger partial charge in [-0.25, -0.2) is 0 Å². The van der Waals surface area contributed by atoms with Gasteiger partial charge in [-0.15, -0.1) is 0 Å². The lowest BCUT2D eigenvalue weighted by Crippen LogP contribution is -2.26. The number of aliphatic hydroxyl groups is 1. The van der Waals surface area contributed by atoms with Gasteiger partial charge >= 0.3 is 0 Å². The molecule has 208 valence electrons.